The summed E-state index contributed by atoms with van der Waals surface area (Å²) in [7, 11) is -3.61. The quantitative estimate of drug-likeness (QED) is 0.810. The number of amides is 1. The van der Waals surface area contributed by atoms with Crippen LogP contribution in [0, 0.1) is 5.92 Å². The Morgan fingerprint density at radius 1 is 1.29 bits per heavy atom. The van der Waals surface area contributed by atoms with E-state index in [1.807, 2.05) is 0 Å². The van der Waals surface area contributed by atoms with Gasteiger partial charge in [-0.15, -0.1) is 0 Å². The van der Waals surface area contributed by atoms with Crippen LogP contribution in [-0.2, 0) is 14.8 Å². The Balaban J connectivity index is 1.76. The SMILES string of the molecule is O=C(C[C@H]1C=CCC1)Nc1ccc(Cl)c(S(=O)(=O)N2CCCC2)c1. The molecule has 0 spiro atoms. The molecule has 7 heteroatoms. The van der Waals surface area contributed by atoms with E-state index in [1.165, 1.54) is 16.4 Å². The van der Waals surface area contributed by atoms with Gasteiger partial charge in [0.1, 0.15) is 4.90 Å². The van der Waals surface area contributed by atoms with Gasteiger partial charge in [0, 0.05) is 25.2 Å². The van der Waals surface area contributed by atoms with Crippen LogP contribution in [0.1, 0.15) is 32.1 Å². The number of anilines is 1. The molecule has 1 saturated heterocycles. The standard InChI is InChI=1S/C17H21ClN2O3S/c18-15-8-7-14(19-17(21)11-13-5-1-2-6-13)12-16(15)24(22,23)20-9-3-4-10-20/h1,5,7-8,12-13H,2-4,6,9-11H2,(H,19,21)/t13-/m0/s1. The molecule has 1 aliphatic carbocycles. The van der Waals surface area contributed by atoms with Gasteiger partial charge in [-0.2, -0.15) is 4.31 Å². The highest BCUT2D eigenvalue weighted by atomic mass is 35.5. The monoisotopic (exact) mass is 368 g/mol. The van der Waals surface area contributed by atoms with Gasteiger partial charge < -0.3 is 5.32 Å². The highest BCUT2D eigenvalue weighted by Crippen LogP contribution is 2.30. The van der Waals surface area contributed by atoms with E-state index in [2.05, 4.69) is 17.5 Å². The van der Waals surface area contributed by atoms with Crippen molar-refractivity contribution in [3.63, 3.8) is 0 Å². The fourth-order valence-corrected chi connectivity index (χ4v) is 5.18. The second-order valence-corrected chi connectivity index (χ2v) is 8.59. The second kappa shape index (κ2) is 7.25. The molecule has 1 amide bonds. The molecule has 0 unspecified atom stereocenters. The molecular formula is C17H21ClN2O3S. The van der Waals surface area contributed by atoms with Gasteiger partial charge in [-0.1, -0.05) is 23.8 Å². The van der Waals surface area contributed by atoms with Gasteiger partial charge in [-0.05, 0) is 49.8 Å². The number of carbonyl (C=O) groups excluding carboxylic acids is 1. The number of hydrogen-bond acceptors (Lipinski definition) is 3. The van der Waals surface area contributed by atoms with Crippen LogP contribution in [0.15, 0.2) is 35.2 Å². The third-order valence-corrected chi connectivity index (χ3v) is 6.84. The number of allylic oxidation sites excluding steroid dienone is 2. The highest BCUT2D eigenvalue weighted by Gasteiger charge is 2.29. The number of rotatable bonds is 5. The van der Waals surface area contributed by atoms with Crippen molar-refractivity contribution in [3.8, 4) is 0 Å². The summed E-state index contributed by atoms with van der Waals surface area (Å²) >= 11 is 6.11. The molecule has 130 valence electrons. The lowest BCUT2D eigenvalue weighted by molar-refractivity contribution is -0.116. The Hall–Kier alpha value is -1.37. The van der Waals surface area contributed by atoms with E-state index in [1.54, 1.807) is 6.07 Å². The lowest BCUT2D eigenvalue weighted by Gasteiger charge is -2.17. The lowest BCUT2D eigenvalue weighted by atomic mass is 10.1. The molecule has 24 heavy (non-hydrogen) atoms. The summed E-state index contributed by atoms with van der Waals surface area (Å²) in [5, 5.41) is 2.96. The maximum Gasteiger partial charge on any atom is 0.244 e. The van der Waals surface area contributed by atoms with Gasteiger partial charge in [-0.3, -0.25) is 4.79 Å². The maximum absolute atomic E-state index is 12.7. The Kier molecular flexibility index (Phi) is 5.27. The molecule has 2 aliphatic rings. The second-order valence-electron chi connectivity index (χ2n) is 6.27. The van der Waals surface area contributed by atoms with Crippen molar-refractivity contribution < 1.29 is 13.2 Å². The molecule has 0 aromatic heterocycles. The summed E-state index contributed by atoms with van der Waals surface area (Å²) in [4.78, 5) is 12.2. The van der Waals surface area contributed by atoms with E-state index in [9.17, 15) is 13.2 Å². The van der Waals surface area contributed by atoms with Gasteiger partial charge >= 0.3 is 0 Å². The van der Waals surface area contributed by atoms with Crippen LogP contribution in [0.2, 0.25) is 5.02 Å². The minimum Gasteiger partial charge on any atom is -0.326 e. The van der Waals surface area contributed by atoms with Crippen LogP contribution in [0.5, 0.6) is 0 Å². The molecule has 3 rings (SSSR count). The zero-order chi connectivity index (χ0) is 17.2. The smallest absolute Gasteiger partial charge is 0.244 e. The zero-order valence-electron chi connectivity index (χ0n) is 13.4. The number of halogens is 1. The average Bonchev–Trinajstić information content (AvgIpc) is 3.22. The molecule has 1 aromatic carbocycles. The predicted molar refractivity (Wildman–Crippen MR) is 94.6 cm³/mol. The number of carbonyl (C=O) groups is 1. The van der Waals surface area contributed by atoms with Crippen LogP contribution >= 0.6 is 11.6 Å². The number of hydrogen-bond donors (Lipinski definition) is 1. The van der Waals surface area contributed by atoms with Gasteiger partial charge in [0.05, 0.1) is 5.02 Å². The lowest BCUT2D eigenvalue weighted by Crippen LogP contribution is -2.28. The highest BCUT2D eigenvalue weighted by molar-refractivity contribution is 7.89. The zero-order valence-corrected chi connectivity index (χ0v) is 14.9. The van der Waals surface area contributed by atoms with Crippen molar-refractivity contribution in [3.05, 3.63) is 35.4 Å². The molecule has 1 fully saturated rings. The van der Waals surface area contributed by atoms with Crippen LogP contribution in [-0.4, -0.2) is 31.7 Å². The molecule has 1 heterocycles. The van der Waals surface area contributed by atoms with Gasteiger partial charge in [0.15, 0.2) is 0 Å². The van der Waals surface area contributed by atoms with E-state index >= 15 is 0 Å². The fraction of sp³-hybridized carbons (Fsp3) is 0.471. The van der Waals surface area contributed by atoms with Crippen molar-refractivity contribution >= 4 is 33.2 Å². The number of nitrogens with one attached hydrogen (secondary N) is 1. The van der Waals surface area contributed by atoms with Gasteiger partial charge in [0.25, 0.3) is 0 Å². The molecule has 5 nitrogen and oxygen atoms in total. The van der Waals surface area contributed by atoms with Crippen LogP contribution in [0.4, 0.5) is 5.69 Å². The third-order valence-electron chi connectivity index (χ3n) is 4.46. The Morgan fingerprint density at radius 3 is 2.71 bits per heavy atom. The summed E-state index contributed by atoms with van der Waals surface area (Å²) in [6.07, 6.45) is 8.28. The van der Waals surface area contributed by atoms with E-state index in [0.29, 0.717) is 25.2 Å². The van der Waals surface area contributed by atoms with Crippen molar-refractivity contribution in [1.29, 1.82) is 0 Å². The number of nitrogens with zero attached hydrogens (tertiary/aromatic N) is 1. The summed E-state index contributed by atoms with van der Waals surface area (Å²) in [6, 6.07) is 4.61. The van der Waals surface area contributed by atoms with Gasteiger partial charge in [0.2, 0.25) is 15.9 Å². The Morgan fingerprint density at radius 2 is 2.04 bits per heavy atom. The van der Waals surface area contributed by atoms with Crippen molar-refractivity contribution in [1.82, 2.24) is 4.31 Å². The third kappa shape index (κ3) is 3.82. The molecular weight excluding hydrogens is 348 g/mol. The Bertz CT molecular complexity index is 755. The molecule has 1 aromatic rings. The molecule has 0 saturated carbocycles. The molecule has 1 aliphatic heterocycles. The number of benzene rings is 1. The fourth-order valence-electron chi connectivity index (χ4n) is 3.16. The van der Waals surface area contributed by atoms with E-state index in [0.717, 1.165) is 25.7 Å². The first-order valence-electron chi connectivity index (χ1n) is 8.23. The van der Waals surface area contributed by atoms with E-state index < -0.39 is 10.0 Å². The van der Waals surface area contributed by atoms with Gasteiger partial charge in [-0.25, -0.2) is 8.42 Å². The molecule has 0 bridgehead atoms. The first kappa shape index (κ1) is 17.5. The topological polar surface area (TPSA) is 66.5 Å². The molecule has 0 radical (unpaired) electrons. The number of sulfonamides is 1. The first-order chi connectivity index (χ1) is 11.5. The van der Waals surface area contributed by atoms with Crippen LogP contribution < -0.4 is 5.32 Å². The average molecular weight is 369 g/mol. The predicted octanol–water partition coefficient (Wildman–Crippen LogP) is 3.42. The van der Waals surface area contributed by atoms with Crippen LogP contribution in [0.25, 0.3) is 0 Å². The minimum atomic E-state index is -3.61. The van der Waals surface area contributed by atoms with E-state index in [-0.39, 0.29) is 21.7 Å². The summed E-state index contributed by atoms with van der Waals surface area (Å²) < 4.78 is 26.8. The van der Waals surface area contributed by atoms with Crippen molar-refractivity contribution in [2.45, 2.75) is 37.0 Å². The minimum absolute atomic E-state index is 0.0598. The molecule has 1 N–H and O–H groups in total. The maximum atomic E-state index is 12.7. The summed E-state index contributed by atoms with van der Waals surface area (Å²) in [5.74, 6) is 0.156. The largest absolute Gasteiger partial charge is 0.326 e. The van der Waals surface area contributed by atoms with Crippen molar-refractivity contribution in [2.75, 3.05) is 18.4 Å². The van der Waals surface area contributed by atoms with E-state index in [4.69, 9.17) is 11.6 Å². The normalized spacial score (nSPS) is 21.3. The molecule has 1 atom stereocenters. The summed E-state index contributed by atoms with van der Waals surface area (Å²) in [5.41, 5.74) is 0.462. The van der Waals surface area contributed by atoms with Crippen molar-refractivity contribution in [2.24, 2.45) is 5.92 Å². The van der Waals surface area contributed by atoms with Crippen LogP contribution in [0.3, 0.4) is 0 Å². The Labute approximate surface area is 147 Å². The summed E-state index contributed by atoms with van der Waals surface area (Å²) in [6.45, 7) is 1.03. The first-order valence-corrected chi connectivity index (χ1v) is 10.0.